The highest BCUT2D eigenvalue weighted by molar-refractivity contribution is 5.46. The second-order valence-electron chi connectivity index (χ2n) is 4.52. The van der Waals surface area contributed by atoms with Crippen LogP contribution in [0.4, 0.5) is 0 Å². The van der Waals surface area contributed by atoms with E-state index in [1.807, 2.05) is 6.07 Å². The summed E-state index contributed by atoms with van der Waals surface area (Å²) in [5, 5.41) is 23.4. The fraction of sp³-hybridized carbons (Fsp3) is 0.286. The molecule has 1 aromatic carbocycles. The van der Waals surface area contributed by atoms with Gasteiger partial charge < -0.3 is 5.11 Å². The Morgan fingerprint density at radius 3 is 2.89 bits per heavy atom. The number of aromatic hydroxyl groups is 1. The van der Waals surface area contributed by atoms with Crippen LogP contribution in [0.3, 0.4) is 0 Å². The van der Waals surface area contributed by atoms with Crippen molar-refractivity contribution < 1.29 is 5.11 Å². The molecular formula is C14H13N3O. The number of hydrogen-bond donors (Lipinski definition) is 1. The summed E-state index contributed by atoms with van der Waals surface area (Å²) >= 11 is 0. The Morgan fingerprint density at radius 2 is 2.11 bits per heavy atom. The quantitative estimate of drug-likeness (QED) is 0.830. The Balaban J connectivity index is 2.18. The van der Waals surface area contributed by atoms with Crippen LogP contribution in [0, 0.1) is 11.3 Å². The monoisotopic (exact) mass is 239 g/mol. The van der Waals surface area contributed by atoms with Gasteiger partial charge in [0.15, 0.2) is 0 Å². The largest absolute Gasteiger partial charge is 0.508 e. The zero-order valence-electron chi connectivity index (χ0n) is 9.93. The minimum absolute atomic E-state index is 0.185. The standard InChI is InChI=1S/C14H13N3O/c15-9-14-12-6-1-2-7-13(12)16-17(14)10-4-3-5-11(18)8-10/h3-5,8,18H,1-2,6-7H2. The van der Waals surface area contributed by atoms with Crippen LogP contribution in [0.15, 0.2) is 24.3 Å². The van der Waals surface area contributed by atoms with Crippen LogP contribution in [-0.2, 0) is 12.8 Å². The third-order valence-corrected chi connectivity index (χ3v) is 3.34. The highest BCUT2D eigenvalue weighted by atomic mass is 16.3. The van der Waals surface area contributed by atoms with Crippen LogP contribution < -0.4 is 0 Å². The van der Waals surface area contributed by atoms with E-state index >= 15 is 0 Å². The minimum Gasteiger partial charge on any atom is -0.508 e. The number of fused-ring (bicyclic) bond motifs is 1. The number of rotatable bonds is 1. The molecule has 0 saturated carbocycles. The van der Waals surface area contributed by atoms with E-state index in [9.17, 15) is 10.4 Å². The molecule has 1 N–H and O–H groups in total. The number of phenols is 1. The topological polar surface area (TPSA) is 61.8 Å². The summed E-state index contributed by atoms with van der Waals surface area (Å²) in [5.41, 5.74) is 3.45. The van der Waals surface area contributed by atoms with Crippen molar-refractivity contribution in [2.75, 3.05) is 0 Å². The van der Waals surface area contributed by atoms with Gasteiger partial charge in [0.1, 0.15) is 17.5 Å². The van der Waals surface area contributed by atoms with Crippen LogP contribution in [0.25, 0.3) is 5.69 Å². The van der Waals surface area contributed by atoms with Gasteiger partial charge in [-0.2, -0.15) is 10.4 Å². The summed E-state index contributed by atoms with van der Waals surface area (Å²) in [4.78, 5) is 0. The van der Waals surface area contributed by atoms with E-state index in [2.05, 4.69) is 11.2 Å². The van der Waals surface area contributed by atoms with Crippen molar-refractivity contribution in [3.8, 4) is 17.5 Å². The van der Waals surface area contributed by atoms with E-state index in [0.717, 1.165) is 42.6 Å². The number of hydrogen-bond acceptors (Lipinski definition) is 3. The van der Waals surface area contributed by atoms with Gasteiger partial charge in [-0.15, -0.1) is 0 Å². The Morgan fingerprint density at radius 1 is 1.28 bits per heavy atom. The van der Waals surface area contributed by atoms with Crippen molar-refractivity contribution >= 4 is 0 Å². The maximum absolute atomic E-state index is 9.52. The first-order valence-electron chi connectivity index (χ1n) is 6.10. The molecule has 2 aromatic rings. The van der Waals surface area contributed by atoms with Gasteiger partial charge in [-0.1, -0.05) is 6.07 Å². The molecule has 3 rings (SSSR count). The van der Waals surface area contributed by atoms with Crippen molar-refractivity contribution in [1.29, 1.82) is 5.26 Å². The molecule has 0 spiro atoms. The lowest BCUT2D eigenvalue weighted by Crippen LogP contribution is -2.01. The molecule has 0 atom stereocenters. The summed E-state index contributed by atoms with van der Waals surface area (Å²) in [6, 6.07) is 9.08. The summed E-state index contributed by atoms with van der Waals surface area (Å²) in [6.45, 7) is 0. The molecule has 90 valence electrons. The van der Waals surface area contributed by atoms with Crippen molar-refractivity contribution in [3.63, 3.8) is 0 Å². The molecule has 1 aliphatic rings. The Bertz CT molecular complexity index is 637. The second-order valence-corrected chi connectivity index (χ2v) is 4.52. The van der Waals surface area contributed by atoms with Crippen LogP contribution in [0.1, 0.15) is 29.8 Å². The van der Waals surface area contributed by atoms with Crippen LogP contribution in [0.2, 0.25) is 0 Å². The lowest BCUT2D eigenvalue weighted by atomic mass is 9.96. The van der Waals surface area contributed by atoms with E-state index in [1.54, 1.807) is 22.9 Å². The number of phenolic OH excluding ortho intramolecular Hbond substituents is 1. The third kappa shape index (κ3) is 1.65. The maximum Gasteiger partial charge on any atom is 0.147 e. The molecule has 0 saturated heterocycles. The molecule has 1 heterocycles. The van der Waals surface area contributed by atoms with Crippen molar-refractivity contribution in [3.05, 3.63) is 41.2 Å². The highest BCUT2D eigenvalue weighted by Gasteiger charge is 2.21. The van der Waals surface area contributed by atoms with Gasteiger partial charge >= 0.3 is 0 Å². The molecule has 1 aromatic heterocycles. The van der Waals surface area contributed by atoms with E-state index in [0.29, 0.717) is 5.69 Å². The number of aryl methyl sites for hydroxylation is 1. The fourth-order valence-corrected chi connectivity index (χ4v) is 2.48. The molecule has 4 heteroatoms. The first-order valence-corrected chi connectivity index (χ1v) is 6.10. The zero-order chi connectivity index (χ0) is 12.5. The number of nitrogens with zero attached hydrogens (tertiary/aromatic N) is 3. The number of aromatic nitrogens is 2. The molecule has 18 heavy (non-hydrogen) atoms. The molecule has 1 aliphatic carbocycles. The van der Waals surface area contributed by atoms with Gasteiger partial charge in [0, 0.05) is 11.6 Å². The summed E-state index contributed by atoms with van der Waals surface area (Å²) in [7, 11) is 0. The smallest absolute Gasteiger partial charge is 0.147 e. The van der Waals surface area contributed by atoms with Crippen LogP contribution in [0.5, 0.6) is 5.75 Å². The lowest BCUT2D eigenvalue weighted by molar-refractivity contribution is 0.475. The Labute approximate surface area is 105 Å². The molecule has 0 bridgehead atoms. The molecule has 0 aliphatic heterocycles. The zero-order valence-corrected chi connectivity index (χ0v) is 9.93. The van der Waals surface area contributed by atoms with E-state index in [-0.39, 0.29) is 5.75 Å². The molecule has 4 nitrogen and oxygen atoms in total. The lowest BCUT2D eigenvalue weighted by Gasteiger charge is -2.07. The second kappa shape index (κ2) is 4.19. The van der Waals surface area contributed by atoms with Gasteiger partial charge in [-0.25, -0.2) is 4.68 Å². The summed E-state index contributed by atoms with van der Waals surface area (Å²) in [5.74, 6) is 0.185. The van der Waals surface area contributed by atoms with Gasteiger partial charge in [-0.3, -0.25) is 0 Å². The number of nitriles is 1. The minimum atomic E-state index is 0.185. The van der Waals surface area contributed by atoms with Crippen molar-refractivity contribution in [2.24, 2.45) is 0 Å². The molecule has 0 unspecified atom stereocenters. The molecule has 0 fully saturated rings. The highest BCUT2D eigenvalue weighted by Crippen LogP contribution is 2.26. The van der Waals surface area contributed by atoms with Crippen LogP contribution in [-0.4, -0.2) is 14.9 Å². The van der Waals surface area contributed by atoms with E-state index < -0.39 is 0 Å². The van der Waals surface area contributed by atoms with Gasteiger partial charge in [0.2, 0.25) is 0 Å². The Hall–Kier alpha value is -2.28. The first kappa shape index (κ1) is 10.8. The average Bonchev–Trinajstić information content (AvgIpc) is 2.77. The Kier molecular flexibility index (Phi) is 2.52. The van der Waals surface area contributed by atoms with Gasteiger partial charge in [-0.05, 0) is 37.8 Å². The van der Waals surface area contributed by atoms with Crippen molar-refractivity contribution in [2.45, 2.75) is 25.7 Å². The third-order valence-electron chi connectivity index (χ3n) is 3.34. The average molecular weight is 239 g/mol. The van der Waals surface area contributed by atoms with E-state index in [4.69, 9.17) is 0 Å². The van der Waals surface area contributed by atoms with Crippen molar-refractivity contribution in [1.82, 2.24) is 9.78 Å². The fourth-order valence-electron chi connectivity index (χ4n) is 2.48. The summed E-state index contributed by atoms with van der Waals surface area (Å²) < 4.78 is 1.65. The van der Waals surface area contributed by atoms with Gasteiger partial charge in [0.05, 0.1) is 11.4 Å². The molecule has 0 radical (unpaired) electrons. The predicted octanol–water partition coefficient (Wildman–Crippen LogP) is 2.33. The van der Waals surface area contributed by atoms with Crippen LogP contribution >= 0.6 is 0 Å². The normalized spacial score (nSPS) is 13.9. The first-order chi connectivity index (χ1) is 8.79. The molecule has 0 amide bonds. The predicted molar refractivity (Wildman–Crippen MR) is 66.6 cm³/mol. The SMILES string of the molecule is N#Cc1c2c(nn1-c1cccc(O)c1)CCCC2. The maximum atomic E-state index is 9.52. The molecular weight excluding hydrogens is 226 g/mol. The number of benzene rings is 1. The van der Waals surface area contributed by atoms with Gasteiger partial charge in [0.25, 0.3) is 0 Å². The summed E-state index contributed by atoms with van der Waals surface area (Å²) in [6.07, 6.45) is 4.12. The van der Waals surface area contributed by atoms with E-state index in [1.165, 1.54) is 0 Å².